The second-order valence-electron chi connectivity index (χ2n) is 2.06. The molecule has 0 amide bonds. The Hall–Kier alpha value is -0.960. The molecule has 0 aromatic heterocycles. The molecule has 0 aromatic rings. The summed E-state index contributed by atoms with van der Waals surface area (Å²) in [5, 5.41) is 0. The minimum absolute atomic E-state index is 0.0831. The minimum Gasteiger partial charge on any atom is -0.485 e. The fraction of sp³-hybridized carbons (Fsp3) is 0.250. The molecule has 1 aliphatic carbocycles. The van der Waals surface area contributed by atoms with Gasteiger partial charge in [-0.2, -0.15) is 0 Å². The van der Waals surface area contributed by atoms with Crippen molar-refractivity contribution < 1.29 is 9.53 Å². The first-order valence-electron chi connectivity index (χ1n) is 3.31. The number of aldehydes is 1. The van der Waals surface area contributed by atoms with Crippen molar-refractivity contribution >= 4 is 23.4 Å². The topological polar surface area (TPSA) is 26.3 Å². The van der Waals surface area contributed by atoms with Crippen molar-refractivity contribution in [2.45, 2.75) is 6.42 Å². The third kappa shape index (κ3) is 2.27. The zero-order valence-corrected chi connectivity index (χ0v) is 6.76. The molecule has 0 saturated carbocycles. The van der Waals surface area contributed by atoms with Crippen LogP contribution in [-0.4, -0.2) is 17.8 Å². The number of hydrogen-bond acceptors (Lipinski definition) is 3. The molecule has 0 N–H and O–H groups in total. The molecule has 1 rings (SSSR count). The molecule has 0 aromatic carbocycles. The lowest BCUT2D eigenvalue weighted by Crippen LogP contribution is -2.06. The zero-order valence-electron chi connectivity index (χ0n) is 5.95. The predicted octanol–water partition coefficient (Wildman–Crippen LogP) is 1.42. The van der Waals surface area contributed by atoms with Gasteiger partial charge in [0.2, 0.25) is 0 Å². The van der Waals surface area contributed by atoms with Crippen molar-refractivity contribution in [1.29, 1.82) is 0 Å². The number of carbonyl (C=O) groups is 1. The maximum Gasteiger partial charge on any atom is 0.157 e. The lowest BCUT2D eigenvalue weighted by atomic mass is 10.1. The van der Waals surface area contributed by atoms with Crippen molar-refractivity contribution in [2.24, 2.45) is 0 Å². The van der Waals surface area contributed by atoms with E-state index in [0.717, 1.165) is 11.3 Å². The SMILES string of the molecule is O=CCOC1=CC=CCC1=S. The Labute approximate surface area is 70.5 Å². The van der Waals surface area contributed by atoms with Gasteiger partial charge < -0.3 is 4.74 Å². The van der Waals surface area contributed by atoms with Gasteiger partial charge in [0, 0.05) is 6.42 Å². The maximum atomic E-state index is 9.94. The lowest BCUT2D eigenvalue weighted by Gasteiger charge is -2.09. The first-order chi connectivity index (χ1) is 5.34. The van der Waals surface area contributed by atoms with Gasteiger partial charge in [-0.1, -0.05) is 24.4 Å². The number of carbonyl (C=O) groups excluding carboxylic acids is 1. The molecular formula is C8H8O2S. The monoisotopic (exact) mass is 168 g/mol. The van der Waals surface area contributed by atoms with E-state index in [4.69, 9.17) is 17.0 Å². The Bertz CT molecular complexity index is 228. The molecule has 0 bridgehead atoms. The number of hydrogen-bond donors (Lipinski definition) is 0. The van der Waals surface area contributed by atoms with E-state index in [1.807, 2.05) is 12.2 Å². The van der Waals surface area contributed by atoms with Crippen LogP contribution in [0, 0.1) is 0 Å². The van der Waals surface area contributed by atoms with Crippen LogP contribution in [-0.2, 0) is 9.53 Å². The summed E-state index contributed by atoms with van der Waals surface area (Å²) in [4.78, 5) is 10.7. The van der Waals surface area contributed by atoms with Gasteiger partial charge in [0.05, 0.1) is 4.86 Å². The van der Waals surface area contributed by atoms with Crippen molar-refractivity contribution in [3.05, 3.63) is 24.0 Å². The van der Waals surface area contributed by atoms with Gasteiger partial charge in [-0.3, -0.25) is 4.79 Å². The summed E-state index contributed by atoms with van der Waals surface area (Å²) in [6.07, 6.45) is 7.04. The first kappa shape index (κ1) is 8.14. The highest BCUT2D eigenvalue weighted by Crippen LogP contribution is 2.10. The highest BCUT2D eigenvalue weighted by molar-refractivity contribution is 7.80. The molecule has 0 spiro atoms. The molecule has 3 heteroatoms. The maximum absolute atomic E-state index is 9.94. The summed E-state index contributed by atoms with van der Waals surface area (Å²) in [7, 11) is 0. The average molecular weight is 168 g/mol. The second-order valence-corrected chi connectivity index (χ2v) is 2.56. The minimum atomic E-state index is 0.0831. The largest absolute Gasteiger partial charge is 0.485 e. The molecule has 0 heterocycles. The summed E-state index contributed by atoms with van der Waals surface area (Å²) in [6, 6.07) is 0. The van der Waals surface area contributed by atoms with Gasteiger partial charge in [-0.05, 0) is 6.08 Å². The van der Waals surface area contributed by atoms with Crippen molar-refractivity contribution in [2.75, 3.05) is 6.61 Å². The summed E-state index contributed by atoms with van der Waals surface area (Å²) in [5.41, 5.74) is 0. The molecule has 0 aliphatic heterocycles. The van der Waals surface area contributed by atoms with E-state index in [-0.39, 0.29) is 6.61 Å². The highest BCUT2D eigenvalue weighted by Gasteiger charge is 2.06. The van der Waals surface area contributed by atoms with Crippen LogP contribution in [0.4, 0.5) is 0 Å². The number of allylic oxidation sites excluding steroid dienone is 4. The molecule has 0 saturated heterocycles. The third-order valence-electron chi connectivity index (χ3n) is 1.27. The van der Waals surface area contributed by atoms with Crippen LogP contribution in [0.2, 0.25) is 0 Å². The quantitative estimate of drug-likeness (QED) is 0.471. The van der Waals surface area contributed by atoms with Gasteiger partial charge in [-0.15, -0.1) is 0 Å². The van der Waals surface area contributed by atoms with Crippen LogP contribution in [0.1, 0.15) is 6.42 Å². The lowest BCUT2D eigenvalue weighted by molar-refractivity contribution is -0.110. The molecule has 0 atom stereocenters. The van der Waals surface area contributed by atoms with Crippen LogP contribution >= 0.6 is 12.2 Å². The van der Waals surface area contributed by atoms with E-state index in [1.165, 1.54) is 0 Å². The van der Waals surface area contributed by atoms with Crippen LogP contribution in [0.15, 0.2) is 24.0 Å². The van der Waals surface area contributed by atoms with E-state index in [1.54, 1.807) is 6.08 Å². The standard InChI is InChI=1S/C8H8O2S/c9-5-6-10-7-3-1-2-4-8(7)11/h1-3,5H,4,6H2. The Kier molecular flexibility index (Phi) is 2.98. The average Bonchev–Trinajstić information content (AvgIpc) is 2.03. The Morgan fingerprint density at radius 3 is 3.18 bits per heavy atom. The Morgan fingerprint density at radius 1 is 1.73 bits per heavy atom. The second kappa shape index (κ2) is 4.03. The highest BCUT2D eigenvalue weighted by atomic mass is 32.1. The fourth-order valence-corrected chi connectivity index (χ4v) is 1.000. The predicted molar refractivity (Wildman–Crippen MR) is 46.5 cm³/mol. The van der Waals surface area contributed by atoms with E-state index in [2.05, 4.69) is 0 Å². The van der Waals surface area contributed by atoms with E-state index >= 15 is 0 Å². The molecule has 0 radical (unpaired) electrons. The third-order valence-corrected chi connectivity index (χ3v) is 1.64. The Morgan fingerprint density at radius 2 is 2.55 bits per heavy atom. The van der Waals surface area contributed by atoms with Crippen molar-refractivity contribution in [1.82, 2.24) is 0 Å². The number of thiocarbonyl (C=S) groups is 1. The van der Waals surface area contributed by atoms with E-state index < -0.39 is 0 Å². The molecular weight excluding hydrogens is 160 g/mol. The molecule has 58 valence electrons. The van der Waals surface area contributed by atoms with Crippen LogP contribution in [0.5, 0.6) is 0 Å². The first-order valence-corrected chi connectivity index (χ1v) is 3.72. The van der Waals surface area contributed by atoms with Gasteiger partial charge in [0.25, 0.3) is 0 Å². The smallest absolute Gasteiger partial charge is 0.157 e. The molecule has 0 unspecified atom stereocenters. The van der Waals surface area contributed by atoms with Crippen LogP contribution < -0.4 is 0 Å². The fourth-order valence-electron chi connectivity index (χ4n) is 0.776. The van der Waals surface area contributed by atoms with Crippen molar-refractivity contribution in [3.63, 3.8) is 0 Å². The van der Waals surface area contributed by atoms with Gasteiger partial charge in [-0.25, -0.2) is 0 Å². The van der Waals surface area contributed by atoms with E-state index in [9.17, 15) is 4.79 Å². The van der Waals surface area contributed by atoms with Gasteiger partial charge in [0.15, 0.2) is 6.29 Å². The van der Waals surface area contributed by atoms with Crippen molar-refractivity contribution in [3.8, 4) is 0 Å². The summed E-state index contributed by atoms with van der Waals surface area (Å²) < 4.78 is 5.04. The van der Waals surface area contributed by atoms with E-state index in [0.29, 0.717) is 12.0 Å². The molecule has 1 aliphatic rings. The summed E-state index contributed by atoms with van der Waals surface area (Å²) in [5.74, 6) is 0.648. The number of rotatable bonds is 3. The molecule has 2 nitrogen and oxygen atoms in total. The number of ether oxygens (including phenoxy) is 1. The summed E-state index contributed by atoms with van der Waals surface area (Å²) >= 11 is 4.98. The summed E-state index contributed by atoms with van der Waals surface area (Å²) in [6.45, 7) is 0.0831. The molecule has 0 fully saturated rings. The van der Waals surface area contributed by atoms with Gasteiger partial charge in [0.1, 0.15) is 12.4 Å². The normalized spacial score (nSPS) is 16.0. The van der Waals surface area contributed by atoms with Crippen LogP contribution in [0.3, 0.4) is 0 Å². The van der Waals surface area contributed by atoms with Gasteiger partial charge >= 0.3 is 0 Å². The molecule has 11 heavy (non-hydrogen) atoms. The van der Waals surface area contributed by atoms with Crippen LogP contribution in [0.25, 0.3) is 0 Å². The zero-order chi connectivity index (χ0) is 8.10. The Balaban J connectivity index is 2.53.